The average molecular weight is 357 g/mol. The minimum absolute atomic E-state index is 0.0172. The van der Waals surface area contributed by atoms with Gasteiger partial charge in [0.05, 0.1) is 11.0 Å². The van der Waals surface area contributed by atoms with Crippen LogP contribution >= 0.6 is 31.9 Å². The summed E-state index contributed by atoms with van der Waals surface area (Å²) < 4.78 is 3.15. The molecule has 0 spiro atoms. The molecule has 0 fully saturated rings. The first-order chi connectivity index (χ1) is 8.08. The van der Waals surface area contributed by atoms with Crippen molar-refractivity contribution in [3.8, 4) is 0 Å². The fourth-order valence-corrected chi connectivity index (χ4v) is 2.91. The van der Waals surface area contributed by atoms with E-state index in [4.69, 9.17) is 0 Å². The summed E-state index contributed by atoms with van der Waals surface area (Å²) in [5.41, 5.74) is 2.33. The molecular formula is C13H11Br2NO. The van der Waals surface area contributed by atoms with Gasteiger partial charge in [0.25, 0.3) is 5.56 Å². The molecule has 1 aromatic carbocycles. The van der Waals surface area contributed by atoms with Gasteiger partial charge in [0.15, 0.2) is 0 Å². The Morgan fingerprint density at radius 3 is 2.65 bits per heavy atom. The number of hydrogen-bond donors (Lipinski definition) is 0. The fraction of sp³-hybridized carbons (Fsp3) is 0.154. The van der Waals surface area contributed by atoms with Crippen molar-refractivity contribution in [2.75, 3.05) is 0 Å². The lowest BCUT2D eigenvalue weighted by atomic mass is 10.1. The Balaban J connectivity index is 2.44. The summed E-state index contributed by atoms with van der Waals surface area (Å²) in [4.78, 5) is 11.9. The maximum Gasteiger partial charge on any atom is 0.265 e. The first kappa shape index (κ1) is 12.6. The van der Waals surface area contributed by atoms with E-state index in [9.17, 15) is 4.79 Å². The first-order valence-corrected chi connectivity index (χ1v) is 6.76. The zero-order chi connectivity index (χ0) is 12.4. The summed E-state index contributed by atoms with van der Waals surface area (Å²) in [6.07, 6.45) is 1.81. The van der Waals surface area contributed by atoms with Crippen LogP contribution in [-0.2, 0) is 6.54 Å². The van der Waals surface area contributed by atoms with Gasteiger partial charge in [-0.25, -0.2) is 0 Å². The second-order valence-corrected chi connectivity index (χ2v) is 5.64. The molecule has 0 bridgehead atoms. The standard InChI is InChI=1S/C13H11Br2NO/c1-9-4-2-3-5-10(9)7-16-8-11(14)6-12(15)13(16)17/h2-6,8H,7H2,1H3. The zero-order valence-electron chi connectivity index (χ0n) is 9.28. The van der Waals surface area contributed by atoms with Crippen LogP contribution in [0.2, 0.25) is 0 Å². The molecule has 0 N–H and O–H groups in total. The Morgan fingerprint density at radius 1 is 1.24 bits per heavy atom. The topological polar surface area (TPSA) is 22.0 Å². The van der Waals surface area contributed by atoms with E-state index >= 15 is 0 Å². The highest BCUT2D eigenvalue weighted by Gasteiger charge is 2.05. The van der Waals surface area contributed by atoms with Gasteiger partial charge in [-0.15, -0.1) is 0 Å². The highest BCUT2D eigenvalue weighted by Crippen LogP contribution is 2.14. The van der Waals surface area contributed by atoms with Gasteiger partial charge in [-0.05, 0) is 56.0 Å². The second-order valence-electron chi connectivity index (χ2n) is 3.87. The number of nitrogens with zero attached hydrogens (tertiary/aromatic N) is 1. The molecule has 0 aliphatic carbocycles. The predicted molar refractivity (Wildman–Crippen MR) is 76.4 cm³/mol. The molecule has 4 heteroatoms. The normalized spacial score (nSPS) is 10.5. The quantitative estimate of drug-likeness (QED) is 0.803. The molecule has 17 heavy (non-hydrogen) atoms. The number of benzene rings is 1. The van der Waals surface area contributed by atoms with Crippen LogP contribution in [0.15, 0.2) is 50.3 Å². The number of halogens is 2. The van der Waals surface area contributed by atoms with Crippen LogP contribution in [-0.4, -0.2) is 4.57 Å². The van der Waals surface area contributed by atoms with E-state index in [1.807, 2.05) is 31.2 Å². The predicted octanol–water partition coefficient (Wildman–Crippen LogP) is 3.73. The largest absolute Gasteiger partial charge is 0.309 e. The third-order valence-corrected chi connectivity index (χ3v) is 3.61. The van der Waals surface area contributed by atoms with Gasteiger partial charge in [0.2, 0.25) is 0 Å². The van der Waals surface area contributed by atoms with Crippen LogP contribution in [0.1, 0.15) is 11.1 Å². The van der Waals surface area contributed by atoms with E-state index in [1.165, 1.54) is 5.56 Å². The van der Waals surface area contributed by atoms with E-state index in [0.29, 0.717) is 11.0 Å². The van der Waals surface area contributed by atoms with Crippen molar-refractivity contribution in [2.24, 2.45) is 0 Å². The molecule has 0 unspecified atom stereocenters. The summed E-state index contributed by atoms with van der Waals surface area (Å²) in [6, 6.07) is 9.83. The number of aromatic nitrogens is 1. The lowest BCUT2D eigenvalue weighted by molar-refractivity contribution is 0.748. The third-order valence-electron chi connectivity index (χ3n) is 2.61. The molecule has 88 valence electrons. The molecule has 0 aliphatic heterocycles. The molecule has 0 aliphatic rings. The average Bonchev–Trinajstić information content (AvgIpc) is 2.28. The van der Waals surface area contributed by atoms with E-state index in [-0.39, 0.29) is 5.56 Å². The van der Waals surface area contributed by atoms with E-state index in [0.717, 1.165) is 10.0 Å². The first-order valence-electron chi connectivity index (χ1n) is 5.18. The van der Waals surface area contributed by atoms with Crippen molar-refractivity contribution in [1.82, 2.24) is 4.57 Å². The van der Waals surface area contributed by atoms with E-state index in [2.05, 4.69) is 31.9 Å². The van der Waals surface area contributed by atoms with Crippen LogP contribution in [0, 0.1) is 6.92 Å². The van der Waals surface area contributed by atoms with Gasteiger partial charge >= 0.3 is 0 Å². The Kier molecular flexibility index (Phi) is 3.84. The van der Waals surface area contributed by atoms with Crippen LogP contribution in [0.5, 0.6) is 0 Å². The van der Waals surface area contributed by atoms with Crippen molar-refractivity contribution >= 4 is 31.9 Å². The molecule has 1 heterocycles. The minimum Gasteiger partial charge on any atom is -0.309 e. The van der Waals surface area contributed by atoms with Crippen molar-refractivity contribution in [3.05, 3.63) is 67.0 Å². The molecule has 2 rings (SSSR count). The molecular weight excluding hydrogens is 346 g/mol. The summed E-state index contributed by atoms with van der Waals surface area (Å²) in [6.45, 7) is 2.64. The fourth-order valence-electron chi connectivity index (χ4n) is 1.65. The summed E-state index contributed by atoms with van der Waals surface area (Å²) >= 11 is 6.65. The summed E-state index contributed by atoms with van der Waals surface area (Å²) in [7, 11) is 0. The highest BCUT2D eigenvalue weighted by atomic mass is 79.9. The molecule has 0 saturated heterocycles. The van der Waals surface area contributed by atoms with Gasteiger partial charge in [-0.2, -0.15) is 0 Å². The smallest absolute Gasteiger partial charge is 0.265 e. The van der Waals surface area contributed by atoms with Crippen molar-refractivity contribution in [2.45, 2.75) is 13.5 Å². The molecule has 2 aromatic rings. The number of hydrogen-bond acceptors (Lipinski definition) is 1. The van der Waals surface area contributed by atoms with Crippen LogP contribution < -0.4 is 5.56 Å². The van der Waals surface area contributed by atoms with Crippen molar-refractivity contribution in [1.29, 1.82) is 0 Å². The molecule has 0 amide bonds. The van der Waals surface area contributed by atoms with Gasteiger partial charge in [0.1, 0.15) is 0 Å². The van der Waals surface area contributed by atoms with Gasteiger partial charge in [-0.1, -0.05) is 24.3 Å². The lowest BCUT2D eigenvalue weighted by Gasteiger charge is -2.09. The van der Waals surface area contributed by atoms with Gasteiger partial charge < -0.3 is 4.57 Å². The molecule has 0 saturated carbocycles. The summed E-state index contributed by atoms with van der Waals surface area (Å²) in [5.74, 6) is 0. The minimum atomic E-state index is -0.0172. The lowest BCUT2D eigenvalue weighted by Crippen LogP contribution is -2.21. The Morgan fingerprint density at radius 2 is 1.94 bits per heavy atom. The van der Waals surface area contributed by atoms with Crippen LogP contribution in [0.4, 0.5) is 0 Å². The van der Waals surface area contributed by atoms with Crippen molar-refractivity contribution in [3.63, 3.8) is 0 Å². The monoisotopic (exact) mass is 355 g/mol. The molecule has 0 radical (unpaired) electrons. The number of rotatable bonds is 2. The Bertz CT molecular complexity index is 605. The number of aryl methyl sites for hydroxylation is 1. The molecule has 2 nitrogen and oxygen atoms in total. The van der Waals surface area contributed by atoms with E-state index in [1.54, 1.807) is 16.8 Å². The Hall–Kier alpha value is -0.870. The van der Waals surface area contributed by atoms with Gasteiger partial charge in [0, 0.05) is 10.7 Å². The van der Waals surface area contributed by atoms with Crippen LogP contribution in [0.25, 0.3) is 0 Å². The zero-order valence-corrected chi connectivity index (χ0v) is 12.5. The Labute approximate surface area is 117 Å². The maximum absolute atomic E-state index is 11.9. The highest BCUT2D eigenvalue weighted by molar-refractivity contribution is 9.11. The van der Waals surface area contributed by atoms with Gasteiger partial charge in [-0.3, -0.25) is 4.79 Å². The van der Waals surface area contributed by atoms with E-state index < -0.39 is 0 Å². The molecule has 1 aromatic heterocycles. The number of pyridine rings is 1. The van der Waals surface area contributed by atoms with Crippen LogP contribution in [0.3, 0.4) is 0 Å². The third kappa shape index (κ3) is 2.87. The SMILES string of the molecule is Cc1ccccc1Cn1cc(Br)cc(Br)c1=O. The molecule has 0 atom stereocenters. The summed E-state index contributed by atoms with van der Waals surface area (Å²) in [5, 5.41) is 0. The maximum atomic E-state index is 11.9. The second kappa shape index (κ2) is 5.19. The van der Waals surface area contributed by atoms with Crippen molar-refractivity contribution < 1.29 is 0 Å².